The minimum absolute atomic E-state index is 0.0148. The van der Waals surface area contributed by atoms with Crippen molar-refractivity contribution in [3.8, 4) is 5.75 Å². The Morgan fingerprint density at radius 2 is 2.07 bits per heavy atom. The molecule has 1 aromatic heterocycles. The van der Waals surface area contributed by atoms with E-state index in [1.807, 2.05) is 29.5 Å². The Balaban J connectivity index is 2.28. The first-order valence-electron chi connectivity index (χ1n) is 9.19. The number of rotatable bonds is 7. The van der Waals surface area contributed by atoms with Crippen molar-refractivity contribution < 1.29 is 19.0 Å². The van der Waals surface area contributed by atoms with Gasteiger partial charge < -0.3 is 14.4 Å². The molecule has 0 saturated heterocycles. The summed E-state index contributed by atoms with van der Waals surface area (Å²) in [6.45, 7) is 1.78. The Morgan fingerprint density at radius 1 is 1.31 bits per heavy atom. The normalized spacial score (nSPS) is 12.2. The van der Waals surface area contributed by atoms with Gasteiger partial charge in [-0.3, -0.25) is 9.59 Å². The van der Waals surface area contributed by atoms with Gasteiger partial charge in [0.2, 0.25) is 0 Å². The van der Waals surface area contributed by atoms with Gasteiger partial charge in [-0.05, 0) is 52.3 Å². The van der Waals surface area contributed by atoms with Gasteiger partial charge in [-0.2, -0.15) is 0 Å². The second kappa shape index (κ2) is 9.04. The molecule has 0 unspecified atom stereocenters. The Morgan fingerprint density at radius 3 is 2.69 bits per heavy atom. The van der Waals surface area contributed by atoms with Crippen LogP contribution in [-0.4, -0.2) is 29.7 Å². The zero-order valence-electron chi connectivity index (χ0n) is 16.1. The average Bonchev–Trinajstić information content (AvgIpc) is 2.73. The summed E-state index contributed by atoms with van der Waals surface area (Å²) in [6.07, 6.45) is 2.85. The lowest BCUT2D eigenvalue weighted by atomic mass is 10.00. The van der Waals surface area contributed by atoms with E-state index in [1.165, 1.54) is 13.3 Å². The van der Waals surface area contributed by atoms with Crippen LogP contribution in [0.2, 0.25) is 0 Å². The molecule has 29 heavy (non-hydrogen) atoms. The van der Waals surface area contributed by atoms with E-state index >= 15 is 0 Å². The number of benzene rings is 2. The van der Waals surface area contributed by atoms with Crippen LogP contribution in [0.1, 0.15) is 40.9 Å². The smallest absolute Gasteiger partial charge is 0.199 e. The van der Waals surface area contributed by atoms with Crippen LogP contribution in [0.25, 0.3) is 10.9 Å². The van der Waals surface area contributed by atoms with E-state index in [0.29, 0.717) is 44.1 Å². The topological polar surface area (TPSA) is 68.5 Å². The van der Waals surface area contributed by atoms with E-state index < -0.39 is 5.43 Å². The van der Waals surface area contributed by atoms with Crippen molar-refractivity contribution in [1.82, 2.24) is 4.57 Å². The molecule has 1 heterocycles. The molecule has 0 fully saturated rings. The van der Waals surface area contributed by atoms with Crippen molar-refractivity contribution in [1.29, 1.82) is 0 Å². The predicted octanol–water partition coefficient (Wildman–Crippen LogP) is 4.10. The first-order chi connectivity index (χ1) is 13.9. The van der Waals surface area contributed by atoms with E-state index in [1.54, 1.807) is 34.9 Å². The third-order valence-corrected chi connectivity index (χ3v) is 5.91. The fraction of sp³-hybridized carbons (Fsp3) is 0.273. The number of aromatic nitrogens is 1. The summed E-state index contributed by atoms with van der Waals surface area (Å²) in [7, 11) is 1.52. The van der Waals surface area contributed by atoms with Crippen LogP contribution >= 0.6 is 22.6 Å². The molecular formula is C22H21FINO4. The Kier molecular flexibility index (Phi) is 6.69. The van der Waals surface area contributed by atoms with Gasteiger partial charge in [0.1, 0.15) is 11.6 Å². The van der Waals surface area contributed by atoms with E-state index in [4.69, 9.17) is 4.74 Å². The lowest BCUT2D eigenvalue weighted by Gasteiger charge is -2.21. The fourth-order valence-corrected chi connectivity index (χ4v) is 4.02. The third kappa shape index (κ3) is 4.06. The number of hydrogen-bond acceptors (Lipinski definition) is 4. The van der Waals surface area contributed by atoms with Gasteiger partial charge in [0.25, 0.3) is 0 Å². The van der Waals surface area contributed by atoms with Crippen molar-refractivity contribution in [3.63, 3.8) is 0 Å². The molecule has 1 atom stereocenters. The molecule has 0 amide bonds. The predicted molar refractivity (Wildman–Crippen MR) is 118 cm³/mol. The van der Waals surface area contributed by atoms with E-state index in [2.05, 4.69) is 0 Å². The van der Waals surface area contributed by atoms with Crippen LogP contribution in [0.3, 0.4) is 0 Å². The maximum atomic E-state index is 14.5. The highest BCUT2D eigenvalue weighted by Gasteiger charge is 2.18. The molecule has 0 radical (unpaired) electrons. The first kappa shape index (κ1) is 21.4. The van der Waals surface area contributed by atoms with Gasteiger partial charge in [-0.1, -0.05) is 19.1 Å². The monoisotopic (exact) mass is 509 g/mol. The van der Waals surface area contributed by atoms with Crippen LogP contribution in [0.15, 0.2) is 41.3 Å². The number of carbonyl (C=O) groups excluding carboxylic acids is 1. The summed E-state index contributed by atoms with van der Waals surface area (Å²) in [5.41, 5.74) is 1.31. The molecule has 0 spiro atoms. The highest BCUT2D eigenvalue weighted by molar-refractivity contribution is 14.1. The highest BCUT2D eigenvalue weighted by Crippen LogP contribution is 2.30. The molecule has 0 saturated carbocycles. The molecule has 152 valence electrons. The number of aldehydes is 1. The van der Waals surface area contributed by atoms with Crippen LogP contribution < -0.4 is 10.2 Å². The summed E-state index contributed by atoms with van der Waals surface area (Å²) in [5, 5.41) is 10.1. The average molecular weight is 509 g/mol. The number of nitrogens with zero attached hydrogens (tertiary/aromatic N) is 1. The number of aliphatic hydroxyl groups is 1. The fourth-order valence-electron chi connectivity index (χ4n) is 3.46. The Hall–Kier alpha value is -2.26. The molecule has 0 aliphatic heterocycles. The Labute approximate surface area is 181 Å². The molecular weight excluding hydrogens is 488 g/mol. The second-order valence-electron chi connectivity index (χ2n) is 6.75. The number of pyridine rings is 1. The number of carbonyl (C=O) groups is 1. The summed E-state index contributed by atoms with van der Waals surface area (Å²) in [4.78, 5) is 24.3. The number of hydrogen-bond donors (Lipinski definition) is 1. The van der Waals surface area contributed by atoms with E-state index in [-0.39, 0.29) is 30.5 Å². The Bertz CT molecular complexity index is 1120. The van der Waals surface area contributed by atoms with Crippen molar-refractivity contribution in [3.05, 3.63) is 72.8 Å². The van der Waals surface area contributed by atoms with Gasteiger partial charge in [0.05, 0.1) is 30.8 Å². The molecule has 0 aliphatic rings. The third-order valence-electron chi connectivity index (χ3n) is 5.08. The zero-order chi connectivity index (χ0) is 21.1. The van der Waals surface area contributed by atoms with Crippen molar-refractivity contribution in [2.45, 2.75) is 25.8 Å². The molecule has 1 N–H and O–H groups in total. The molecule has 5 nitrogen and oxygen atoms in total. The number of fused-ring (bicyclic) bond motifs is 1. The SMILES string of the molecule is CC[C@@H](CO)n1cc(C=O)c(=O)c2cc(Cc3cccc(I)c3F)c(OC)cc21. The quantitative estimate of drug-likeness (QED) is 0.385. The largest absolute Gasteiger partial charge is 0.496 e. The number of halogens is 2. The number of aliphatic hydroxyl groups excluding tert-OH is 1. The van der Waals surface area contributed by atoms with Gasteiger partial charge in [0.15, 0.2) is 11.7 Å². The second-order valence-corrected chi connectivity index (χ2v) is 7.92. The lowest BCUT2D eigenvalue weighted by molar-refractivity contribution is 0.112. The van der Waals surface area contributed by atoms with Gasteiger partial charge in [-0.25, -0.2) is 4.39 Å². The molecule has 3 aromatic rings. The van der Waals surface area contributed by atoms with Crippen LogP contribution in [0.5, 0.6) is 5.75 Å². The van der Waals surface area contributed by atoms with E-state index in [0.717, 1.165) is 0 Å². The number of ether oxygens (including phenoxy) is 1. The van der Waals surface area contributed by atoms with E-state index in [9.17, 15) is 19.1 Å². The van der Waals surface area contributed by atoms with Crippen LogP contribution in [0.4, 0.5) is 4.39 Å². The zero-order valence-corrected chi connectivity index (χ0v) is 18.3. The standard InChI is InChI=1S/C22H21FINO4/c1-3-16(12-27)25-10-15(11-26)22(28)17-8-14(20(29-2)9-19(17)25)7-13-5-4-6-18(24)21(13)23/h4-6,8-11,16,27H,3,7,12H2,1-2H3/t16-/m0/s1. The van der Waals surface area contributed by atoms with Crippen molar-refractivity contribution in [2.75, 3.05) is 13.7 Å². The molecule has 0 bridgehead atoms. The molecule has 3 rings (SSSR count). The summed E-state index contributed by atoms with van der Waals surface area (Å²) in [5.74, 6) is 0.205. The molecule has 2 aromatic carbocycles. The minimum Gasteiger partial charge on any atom is -0.496 e. The maximum absolute atomic E-state index is 14.5. The molecule has 7 heteroatoms. The maximum Gasteiger partial charge on any atom is 0.199 e. The summed E-state index contributed by atoms with van der Waals surface area (Å²) in [6, 6.07) is 8.24. The van der Waals surface area contributed by atoms with Crippen LogP contribution in [-0.2, 0) is 6.42 Å². The number of methoxy groups -OCH3 is 1. The highest BCUT2D eigenvalue weighted by atomic mass is 127. The van der Waals surface area contributed by atoms with Gasteiger partial charge >= 0.3 is 0 Å². The minimum atomic E-state index is -0.397. The lowest BCUT2D eigenvalue weighted by Crippen LogP contribution is -2.20. The van der Waals surface area contributed by atoms with Crippen LogP contribution in [0, 0.1) is 9.39 Å². The summed E-state index contributed by atoms with van der Waals surface area (Å²) < 4.78 is 22.3. The first-order valence-corrected chi connectivity index (χ1v) is 10.3. The van der Waals surface area contributed by atoms with Gasteiger partial charge in [0, 0.05) is 27.6 Å². The molecule has 0 aliphatic carbocycles. The van der Waals surface area contributed by atoms with Crippen molar-refractivity contribution in [2.24, 2.45) is 0 Å². The van der Waals surface area contributed by atoms with Gasteiger partial charge in [-0.15, -0.1) is 0 Å². The summed E-state index contributed by atoms with van der Waals surface area (Å²) >= 11 is 1.94. The van der Waals surface area contributed by atoms with Crippen molar-refractivity contribution >= 4 is 39.8 Å².